The molecule has 7 heteroatoms. The van der Waals surface area contributed by atoms with Crippen LogP contribution in [-0.4, -0.2) is 34.2 Å². The number of carbonyl (C=O) groups excluding carboxylic acids is 1. The van der Waals surface area contributed by atoms with Crippen molar-refractivity contribution in [3.05, 3.63) is 59.2 Å². The molecule has 2 aromatic carbocycles. The highest BCUT2D eigenvalue weighted by Gasteiger charge is 2.22. The fraction of sp³-hybridized carbons (Fsp3) is 0.458. The first-order valence-corrected chi connectivity index (χ1v) is 12.6. The molecule has 31 heavy (non-hydrogen) atoms. The van der Waals surface area contributed by atoms with Gasteiger partial charge in [0.25, 0.3) is 5.91 Å². The van der Waals surface area contributed by atoms with Crippen LogP contribution in [0.25, 0.3) is 0 Å². The number of nitrogens with one attached hydrogen (secondary N) is 1. The second kappa shape index (κ2) is 10.2. The van der Waals surface area contributed by atoms with Gasteiger partial charge in [0.2, 0.25) is 10.0 Å². The Morgan fingerprint density at radius 3 is 2.39 bits per heavy atom. The van der Waals surface area contributed by atoms with E-state index < -0.39 is 10.0 Å². The summed E-state index contributed by atoms with van der Waals surface area (Å²) in [7, 11) is -2.02. The van der Waals surface area contributed by atoms with Crippen LogP contribution in [0.3, 0.4) is 0 Å². The molecule has 1 amide bonds. The van der Waals surface area contributed by atoms with Gasteiger partial charge < -0.3 is 10.1 Å². The summed E-state index contributed by atoms with van der Waals surface area (Å²) >= 11 is 0. The molecule has 1 N–H and O–H groups in total. The minimum absolute atomic E-state index is 0.0857. The first-order valence-electron chi connectivity index (χ1n) is 10.8. The molecule has 0 spiro atoms. The Morgan fingerprint density at radius 1 is 1.10 bits per heavy atom. The third-order valence-corrected chi connectivity index (χ3v) is 6.95. The average molecular weight is 445 g/mol. The molecule has 168 valence electrons. The van der Waals surface area contributed by atoms with Gasteiger partial charge in [-0.15, -0.1) is 0 Å². The van der Waals surface area contributed by atoms with Gasteiger partial charge in [-0.1, -0.05) is 37.5 Å². The van der Waals surface area contributed by atoms with E-state index in [9.17, 15) is 13.2 Å². The van der Waals surface area contributed by atoms with Gasteiger partial charge in [0.05, 0.1) is 25.6 Å². The van der Waals surface area contributed by atoms with Crippen LogP contribution in [0, 0.1) is 12.8 Å². The number of sulfonamides is 1. The lowest BCUT2D eigenvalue weighted by atomic mass is 9.89. The summed E-state index contributed by atoms with van der Waals surface area (Å²) < 4.78 is 31.8. The van der Waals surface area contributed by atoms with E-state index in [1.807, 2.05) is 13.0 Å². The van der Waals surface area contributed by atoms with Crippen LogP contribution in [0.1, 0.15) is 53.6 Å². The number of benzene rings is 2. The number of hydrogen-bond acceptors (Lipinski definition) is 4. The van der Waals surface area contributed by atoms with Gasteiger partial charge in [-0.25, -0.2) is 8.42 Å². The Labute approximate surface area is 185 Å². The lowest BCUT2D eigenvalue weighted by Crippen LogP contribution is -2.30. The minimum atomic E-state index is -3.54. The predicted molar refractivity (Wildman–Crippen MR) is 124 cm³/mol. The van der Waals surface area contributed by atoms with Gasteiger partial charge in [0.15, 0.2) is 0 Å². The molecule has 1 aliphatic carbocycles. The number of aryl methyl sites for hydroxylation is 1. The number of methoxy groups -OCH3 is 1. The van der Waals surface area contributed by atoms with E-state index in [0.717, 1.165) is 17.7 Å². The summed E-state index contributed by atoms with van der Waals surface area (Å²) in [5, 5.41) is 3.04. The highest BCUT2D eigenvalue weighted by atomic mass is 32.2. The molecule has 0 aliphatic heterocycles. The molecular formula is C24H32N2O4S. The molecule has 0 atom stereocenters. The highest BCUT2D eigenvalue weighted by Crippen LogP contribution is 2.32. The molecule has 1 aliphatic rings. The van der Waals surface area contributed by atoms with Gasteiger partial charge in [0.1, 0.15) is 5.75 Å². The number of rotatable bonds is 8. The van der Waals surface area contributed by atoms with E-state index in [0.29, 0.717) is 22.9 Å². The Balaban J connectivity index is 1.72. The van der Waals surface area contributed by atoms with Gasteiger partial charge in [-0.05, 0) is 61.1 Å². The number of hydrogen-bond donors (Lipinski definition) is 1. The number of nitrogens with zero attached hydrogens (tertiary/aromatic N) is 1. The Hall–Kier alpha value is -2.54. The molecular weight excluding hydrogens is 412 g/mol. The first-order chi connectivity index (χ1) is 14.8. The van der Waals surface area contributed by atoms with Crippen molar-refractivity contribution in [2.24, 2.45) is 5.92 Å². The van der Waals surface area contributed by atoms with Crippen molar-refractivity contribution in [3.8, 4) is 5.75 Å². The van der Waals surface area contributed by atoms with Crippen LogP contribution >= 0.6 is 0 Å². The Bertz CT molecular complexity index is 997. The maximum Gasteiger partial charge on any atom is 0.251 e. The summed E-state index contributed by atoms with van der Waals surface area (Å²) in [6.45, 7) is 2.78. The fourth-order valence-corrected chi connectivity index (χ4v) is 4.92. The predicted octanol–water partition coefficient (Wildman–Crippen LogP) is 4.28. The van der Waals surface area contributed by atoms with Gasteiger partial charge in [-0.2, -0.15) is 0 Å². The topological polar surface area (TPSA) is 75.7 Å². The molecule has 0 radical (unpaired) electrons. The van der Waals surface area contributed by atoms with Crippen LogP contribution in [0.15, 0.2) is 42.5 Å². The van der Waals surface area contributed by atoms with E-state index in [1.165, 1.54) is 49.8 Å². The summed E-state index contributed by atoms with van der Waals surface area (Å²) in [5.41, 5.74) is 2.81. The first kappa shape index (κ1) is 23.1. The van der Waals surface area contributed by atoms with Gasteiger partial charge >= 0.3 is 0 Å². The zero-order valence-corrected chi connectivity index (χ0v) is 19.4. The molecule has 0 aromatic heterocycles. The van der Waals surface area contributed by atoms with Crippen molar-refractivity contribution in [2.75, 3.05) is 24.2 Å². The Kier molecular flexibility index (Phi) is 7.59. The number of amides is 1. The van der Waals surface area contributed by atoms with E-state index >= 15 is 0 Å². The largest absolute Gasteiger partial charge is 0.495 e. The van der Waals surface area contributed by atoms with Crippen LogP contribution in [0.4, 0.5) is 5.69 Å². The Morgan fingerprint density at radius 2 is 1.77 bits per heavy atom. The third-order valence-electron chi connectivity index (χ3n) is 5.82. The number of anilines is 1. The summed E-state index contributed by atoms with van der Waals surface area (Å²) in [6.07, 6.45) is 7.34. The normalized spacial score (nSPS) is 14.8. The van der Waals surface area contributed by atoms with Crippen molar-refractivity contribution < 1.29 is 17.9 Å². The third kappa shape index (κ3) is 6.23. The molecule has 6 nitrogen and oxygen atoms in total. The zero-order chi connectivity index (χ0) is 22.4. The van der Waals surface area contributed by atoms with E-state index in [2.05, 4.69) is 5.32 Å². The average Bonchev–Trinajstić information content (AvgIpc) is 2.76. The van der Waals surface area contributed by atoms with Crippen molar-refractivity contribution in [1.29, 1.82) is 0 Å². The SMILES string of the molecule is COc1ccc(C)cc1N(Cc1ccc(C(=O)NCC2CCCCC2)cc1)S(C)(=O)=O. The molecule has 3 rings (SSSR count). The second-order valence-corrected chi connectivity index (χ2v) is 10.3. The fourth-order valence-electron chi connectivity index (χ4n) is 4.03. The quantitative estimate of drug-likeness (QED) is 0.659. The highest BCUT2D eigenvalue weighted by molar-refractivity contribution is 7.92. The maximum absolute atomic E-state index is 12.5. The monoisotopic (exact) mass is 444 g/mol. The van der Waals surface area contributed by atoms with Crippen molar-refractivity contribution in [1.82, 2.24) is 5.32 Å². The summed E-state index contributed by atoms with van der Waals surface area (Å²) in [4.78, 5) is 12.5. The van der Waals surface area contributed by atoms with Crippen LogP contribution < -0.4 is 14.4 Å². The van der Waals surface area contributed by atoms with Crippen LogP contribution in [0.2, 0.25) is 0 Å². The zero-order valence-electron chi connectivity index (χ0n) is 18.6. The molecule has 1 fully saturated rings. The van der Waals surface area contributed by atoms with Gasteiger partial charge in [0, 0.05) is 12.1 Å². The lowest BCUT2D eigenvalue weighted by molar-refractivity contribution is 0.0943. The van der Waals surface area contributed by atoms with Gasteiger partial charge in [-0.3, -0.25) is 9.10 Å². The smallest absolute Gasteiger partial charge is 0.251 e. The summed E-state index contributed by atoms with van der Waals surface area (Å²) in [5.74, 6) is 0.983. The van der Waals surface area contributed by atoms with Crippen molar-refractivity contribution in [2.45, 2.75) is 45.6 Å². The molecule has 0 heterocycles. The van der Waals surface area contributed by atoms with E-state index in [4.69, 9.17) is 4.74 Å². The van der Waals surface area contributed by atoms with Crippen molar-refractivity contribution in [3.63, 3.8) is 0 Å². The van der Waals surface area contributed by atoms with E-state index in [-0.39, 0.29) is 12.5 Å². The summed E-state index contributed by atoms with van der Waals surface area (Å²) in [6, 6.07) is 12.5. The van der Waals surface area contributed by atoms with Crippen molar-refractivity contribution >= 4 is 21.6 Å². The minimum Gasteiger partial charge on any atom is -0.495 e. The van der Waals surface area contributed by atoms with Crippen LogP contribution in [0.5, 0.6) is 5.75 Å². The number of carbonyl (C=O) groups is 1. The molecule has 2 aromatic rings. The standard InChI is InChI=1S/C24H32N2O4S/c1-18-9-14-23(30-2)22(15-18)26(31(3,28)29)17-20-10-12-21(13-11-20)24(27)25-16-19-7-5-4-6-8-19/h9-15,19H,4-8,16-17H2,1-3H3,(H,25,27). The second-order valence-electron chi connectivity index (χ2n) is 8.36. The van der Waals surface area contributed by atoms with Crippen LogP contribution in [-0.2, 0) is 16.6 Å². The maximum atomic E-state index is 12.5. The molecule has 0 bridgehead atoms. The lowest BCUT2D eigenvalue weighted by Gasteiger charge is -2.25. The number of ether oxygens (including phenoxy) is 1. The van der Waals surface area contributed by atoms with E-state index in [1.54, 1.807) is 36.4 Å². The molecule has 0 saturated heterocycles. The molecule has 1 saturated carbocycles. The molecule has 0 unspecified atom stereocenters.